The van der Waals surface area contributed by atoms with E-state index < -0.39 is 32.2 Å². The average molecular weight is 437 g/mol. The van der Waals surface area contributed by atoms with Crippen LogP contribution in [0.25, 0.3) is 0 Å². The number of hydrogen-bond donors (Lipinski definition) is 2. The zero-order chi connectivity index (χ0) is 21.9. The molecule has 0 amide bonds. The highest BCUT2D eigenvalue weighted by Crippen LogP contribution is 2.50. The van der Waals surface area contributed by atoms with Gasteiger partial charge in [-0.25, -0.2) is 4.57 Å². The van der Waals surface area contributed by atoms with E-state index in [9.17, 15) is 9.46 Å². The molecule has 2 aliphatic rings. The predicted molar refractivity (Wildman–Crippen MR) is 107 cm³/mol. The SMILES string of the molecule is C=C(OP(=O)(O)O[C@@H]1C(N)[C@H](C)O[C@@H]1COC(C)C)[C@H]1O[C@@H](C)CC1OC(C)C. The van der Waals surface area contributed by atoms with E-state index in [0.29, 0.717) is 6.42 Å². The summed E-state index contributed by atoms with van der Waals surface area (Å²) in [6.07, 6.45) is -2.29. The van der Waals surface area contributed by atoms with Crippen molar-refractivity contribution in [3.05, 3.63) is 12.3 Å². The van der Waals surface area contributed by atoms with E-state index in [1.54, 1.807) is 6.92 Å². The smallest absolute Gasteiger partial charge is 0.406 e. The van der Waals surface area contributed by atoms with Crippen molar-refractivity contribution < 1.29 is 37.5 Å². The Morgan fingerprint density at radius 3 is 2.48 bits per heavy atom. The Morgan fingerprint density at radius 2 is 1.90 bits per heavy atom. The summed E-state index contributed by atoms with van der Waals surface area (Å²) in [7, 11) is -4.53. The molecule has 2 heterocycles. The van der Waals surface area contributed by atoms with Crippen molar-refractivity contribution in [3.63, 3.8) is 0 Å². The van der Waals surface area contributed by atoms with Gasteiger partial charge in [0.2, 0.25) is 0 Å². The molecule has 0 aromatic heterocycles. The van der Waals surface area contributed by atoms with Crippen LogP contribution in [0.5, 0.6) is 0 Å². The fraction of sp³-hybridized carbons (Fsp3) is 0.895. The molecular weight excluding hydrogens is 401 g/mol. The van der Waals surface area contributed by atoms with Crippen molar-refractivity contribution in [2.24, 2.45) is 5.73 Å². The van der Waals surface area contributed by atoms with Crippen molar-refractivity contribution in [2.75, 3.05) is 6.61 Å². The number of phosphoric ester groups is 1. The van der Waals surface area contributed by atoms with Gasteiger partial charge in [-0.1, -0.05) is 6.58 Å². The van der Waals surface area contributed by atoms with Gasteiger partial charge >= 0.3 is 7.82 Å². The predicted octanol–water partition coefficient (Wildman–Crippen LogP) is 2.51. The summed E-state index contributed by atoms with van der Waals surface area (Å²) in [5.74, 6) is -0.0126. The molecule has 2 rings (SSSR count). The largest absolute Gasteiger partial charge is 0.527 e. The molecule has 0 aliphatic carbocycles. The number of hydrogen-bond acceptors (Lipinski definition) is 8. The highest BCUT2D eigenvalue weighted by Gasteiger charge is 2.47. The summed E-state index contributed by atoms with van der Waals surface area (Å²) in [6, 6.07) is -0.604. The van der Waals surface area contributed by atoms with Crippen LogP contribution in [0.15, 0.2) is 12.3 Å². The molecule has 8 atom stereocenters. The first kappa shape index (κ1) is 24.8. The maximum Gasteiger partial charge on any atom is 0.527 e. The van der Waals surface area contributed by atoms with Crippen molar-refractivity contribution >= 4 is 7.82 Å². The van der Waals surface area contributed by atoms with Gasteiger partial charge in [-0.05, 0) is 41.5 Å². The first-order chi connectivity index (χ1) is 13.4. The van der Waals surface area contributed by atoms with Gasteiger partial charge in [0.25, 0.3) is 0 Å². The maximum absolute atomic E-state index is 12.7. The number of nitrogens with two attached hydrogens (primary N) is 1. The number of rotatable bonds is 10. The molecule has 0 aromatic rings. The minimum Gasteiger partial charge on any atom is -0.406 e. The molecule has 29 heavy (non-hydrogen) atoms. The van der Waals surface area contributed by atoms with Crippen molar-refractivity contribution in [3.8, 4) is 0 Å². The molecule has 0 aromatic carbocycles. The lowest BCUT2D eigenvalue weighted by atomic mass is 10.1. The molecule has 3 N–H and O–H groups in total. The van der Waals surface area contributed by atoms with Crippen LogP contribution in [0.3, 0.4) is 0 Å². The van der Waals surface area contributed by atoms with Gasteiger partial charge in [-0.2, -0.15) is 0 Å². The fourth-order valence-corrected chi connectivity index (χ4v) is 4.52. The summed E-state index contributed by atoms with van der Waals surface area (Å²) in [4.78, 5) is 10.3. The van der Waals surface area contributed by atoms with Gasteiger partial charge in [0.1, 0.15) is 24.1 Å². The summed E-state index contributed by atoms with van der Waals surface area (Å²) in [5.41, 5.74) is 6.11. The van der Waals surface area contributed by atoms with Crippen LogP contribution in [-0.2, 0) is 32.6 Å². The molecular formula is C19H36NO8P. The van der Waals surface area contributed by atoms with Gasteiger partial charge in [0.15, 0.2) is 0 Å². The molecule has 2 saturated heterocycles. The van der Waals surface area contributed by atoms with E-state index in [4.69, 9.17) is 33.7 Å². The van der Waals surface area contributed by atoms with Crippen molar-refractivity contribution in [1.29, 1.82) is 0 Å². The molecule has 2 fully saturated rings. The van der Waals surface area contributed by atoms with Crippen LogP contribution in [-0.4, -0.2) is 66.4 Å². The molecule has 0 bridgehead atoms. The number of ether oxygens (including phenoxy) is 4. The van der Waals surface area contributed by atoms with Gasteiger partial charge in [0, 0.05) is 6.42 Å². The van der Waals surface area contributed by atoms with Gasteiger partial charge in [0.05, 0.1) is 43.2 Å². The minimum atomic E-state index is -4.53. The lowest BCUT2D eigenvalue weighted by molar-refractivity contribution is -0.0582. The third-order valence-electron chi connectivity index (χ3n) is 4.80. The van der Waals surface area contributed by atoms with Crippen LogP contribution in [0.2, 0.25) is 0 Å². The highest BCUT2D eigenvalue weighted by molar-refractivity contribution is 7.47. The highest BCUT2D eigenvalue weighted by atomic mass is 31.2. The van der Waals surface area contributed by atoms with E-state index in [0.717, 1.165) is 0 Å². The molecule has 0 spiro atoms. The second kappa shape index (κ2) is 10.2. The summed E-state index contributed by atoms with van der Waals surface area (Å²) in [5, 5.41) is 0. The lowest BCUT2D eigenvalue weighted by Crippen LogP contribution is -2.42. The zero-order valence-electron chi connectivity index (χ0n) is 18.1. The van der Waals surface area contributed by atoms with Crippen molar-refractivity contribution in [2.45, 2.75) is 103 Å². The second-order valence-electron chi connectivity index (χ2n) is 8.26. The normalized spacial score (nSPS) is 37.2. The van der Waals surface area contributed by atoms with E-state index in [1.807, 2.05) is 34.6 Å². The fourth-order valence-electron chi connectivity index (χ4n) is 3.50. The van der Waals surface area contributed by atoms with E-state index in [-0.39, 0.29) is 42.9 Å². The monoisotopic (exact) mass is 437 g/mol. The molecule has 3 unspecified atom stereocenters. The third kappa shape index (κ3) is 7.01. The summed E-state index contributed by atoms with van der Waals surface area (Å²) < 4.78 is 46.2. The second-order valence-corrected chi connectivity index (χ2v) is 9.59. The molecule has 0 radical (unpaired) electrons. The molecule has 9 nitrogen and oxygen atoms in total. The van der Waals surface area contributed by atoms with Crippen LogP contribution in [0, 0.1) is 0 Å². The summed E-state index contributed by atoms with van der Waals surface area (Å²) >= 11 is 0. The molecule has 170 valence electrons. The van der Waals surface area contributed by atoms with Crippen LogP contribution in [0.4, 0.5) is 0 Å². The Bertz CT molecular complexity index is 601. The molecule has 10 heteroatoms. The van der Waals surface area contributed by atoms with Crippen LogP contribution < -0.4 is 5.73 Å². The molecule has 2 aliphatic heterocycles. The first-order valence-electron chi connectivity index (χ1n) is 10.1. The first-order valence-corrected chi connectivity index (χ1v) is 11.6. The van der Waals surface area contributed by atoms with E-state index in [1.165, 1.54) is 0 Å². The van der Waals surface area contributed by atoms with E-state index in [2.05, 4.69) is 6.58 Å². The topological polar surface area (TPSA) is 119 Å². The van der Waals surface area contributed by atoms with E-state index >= 15 is 0 Å². The van der Waals surface area contributed by atoms with Crippen LogP contribution >= 0.6 is 7.82 Å². The molecule has 0 saturated carbocycles. The average Bonchev–Trinajstić information content (AvgIpc) is 3.06. The standard InChI is InChI=1S/C19H36NO8P/c1-10(2)23-9-16-19(17(20)13(6)26-16)28-29(21,22)27-14(7)18-15(24-11(3)4)8-12(5)25-18/h10-13,15-19H,7-9,20H2,1-6H3,(H,21,22)/t12-,13-,15?,16+,17?,18+,19-/m0/s1. The lowest BCUT2D eigenvalue weighted by Gasteiger charge is -2.27. The Labute approximate surface area is 173 Å². The Morgan fingerprint density at radius 1 is 1.24 bits per heavy atom. The minimum absolute atomic E-state index is 0.0126. The quantitative estimate of drug-likeness (QED) is 0.392. The van der Waals surface area contributed by atoms with Crippen molar-refractivity contribution in [1.82, 2.24) is 0 Å². The van der Waals surface area contributed by atoms with Gasteiger partial charge in [-0.3, -0.25) is 9.42 Å². The van der Waals surface area contributed by atoms with Gasteiger partial charge in [-0.15, -0.1) is 0 Å². The Kier molecular flexibility index (Phi) is 8.71. The number of phosphoric acid groups is 1. The third-order valence-corrected chi connectivity index (χ3v) is 5.78. The van der Waals surface area contributed by atoms with Gasteiger partial charge < -0.3 is 29.2 Å². The Hall–Kier alpha value is -0.510. The van der Waals surface area contributed by atoms with Crippen LogP contribution in [0.1, 0.15) is 48.0 Å². The maximum atomic E-state index is 12.7. The Balaban J connectivity index is 2.01. The summed E-state index contributed by atoms with van der Waals surface area (Å²) in [6.45, 7) is 15.2. The zero-order valence-corrected chi connectivity index (χ0v) is 19.0.